The molecule has 3 aromatic carbocycles. The van der Waals surface area contributed by atoms with Crippen LogP contribution in [0.5, 0.6) is 0 Å². The van der Waals surface area contributed by atoms with Crippen molar-refractivity contribution in [3.8, 4) is 0 Å². The molecular formula is C24H22N2O6S. The van der Waals surface area contributed by atoms with Gasteiger partial charge in [-0.1, -0.05) is 72.8 Å². The molecule has 0 spiro atoms. The smallest absolute Gasteiger partial charge is 0.281 e. The topological polar surface area (TPSA) is 130 Å². The van der Waals surface area contributed by atoms with Crippen molar-refractivity contribution in [2.45, 2.75) is 5.25 Å². The van der Waals surface area contributed by atoms with E-state index in [2.05, 4.69) is 10.6 Å². The van der Waals surface area contributed by atoms with Gasteiger partial charge >= 0.3 is 0 Å². The van der Waals surface area contributed by atoms with Crippen molar-refractivity contribution in [3.05, 3.63) is 107 Å². The van der Waals surface area contributed by atoms with Crippen molar-refractivity contribution in [2.24, 2.45) is 0 Å². The zero-order valence-electron chi connectivity index (χ0n) is 17.5. The Morgan fingerprint density at radius 2 is 1.27 bits per heavy atom. The average molecular weight is 467 g/mol. The number of carbonyl (C=O) groups is 3. The lowest BCUT2D eigenvalue weighted by molar-refractivity contribution is -0.120. The summed E-state index contributed by atoms with van der Waals surface area (Å²) < 4.78 is 32.8. The number of rotatable bonds is 9. The van der Waals surface area contributed by atoms with Crippen molar-refractivity contribution in [2.75, 3.05) is 13.1 Å². The number of amides is 2. The molecule has 1 atom stereocenters. The fourth-order valence-electron chi connectivity index (χ4n) is 3.20. The Bertz CT molecular complexity index is 1240. The summed E-state index contributed by atoms with van der Waals surface area (Å²) >= 11 is 0. The first-order valence-electron chi connectivity index (χ1n) is 10.0. The molecule has 9 heteroatoms. The summed E-state index contributed by atoms with van der Waals surface area (Å²) in [5.74, 6) is -1.58. The molecule has 0 fully saturated rings. The third-order valence-electron chi connectivity index (χ3n) is 4.77. The largest absolute Gasteiger partial charge is 0.353 e. The van der Waals surface area contributed by atoms with Gasteiger partial charge in [0, 0.05) is 29.8 Å². The standard InChI is InChI=1S/C24H22N2O6S/c27-21(17-8-3-1-4-9-17)19-12-7-13-20(16-19)23(28)25-14-15-26-24(29)22(33(30,31)32)18-10-5-2-6-11-18/h1-13,16,22H,14-15H2,(H,25,28)(H,26,29)(H,30,31,32). The molecule has 0 bridgehead atoms. The van der Waals surface area contributed by atoms with Crippen LogP contribution in [0, 0.1) is 0 Å². The molecule has 0 aliphatic carbocycles. The van der Waals surface area contributed by atoms with E-state index in [0.29, 0.717) is 11.1 Å². The molecule has 0 heterocycles. The Morgan fingerprint density at radius 1 is 0.727 bits per heavy atom. The molecule has 8 nitrogen and oxygen atoms in total. The van der Waals surface area contributed by atoms with Gasteiger partial charge in [-0.15, -0.1) is 0 Å². The first kappa shape index (κ1) is 23.8. The van der Waals surface area contributed by atoms with Crippen molar-refractivity contribution >= 4 is 27.7 Å². The van der Waals surface area contributed by atoms with Crippen LogP contribution in [0.15, 0.2) is 84.9 Å². The maximum Gasteiger partial charge on any atom is 0.281 e. The summed E-state index contributed by atoms with van der Waals surface area (Å²) in [5.41, 5.74) is 1.26. The molecule has 2 amide bonds. The lowest BCUT2D eigenvalue weighted by atomic mass is 10.0. The second-order valence-corrected chi connectivity index (χ2v) is 8.63. The molecule has 0 aliphatic rings. The highest BCUT2D eigenvalue weighted by atomic mass is 32.2. The minimum absolute atomic E-state index is 0.00835. The predicted molar refractivity (Wildman–Crippen MR) is 122 cm³/mol. The minimum atomic E-state index is -4.68. The summed E-state index contributed by atoms with van der Waals surface area (Å²) in [6, 6.07) is 22.5. The van der Waals surface area contributed by atoms with Gasteiger partial charge in [-0.25, -0.2) is 0 Å². The van der Waals surface area contributed by atoms with Gasteiger partial charge in [0.25, 0.3) is 16.0 Å². The molecule has 33 heavy (non-hydrogen) atoms. The quantitative estimate of drug-likeness (QED) is 0.252. The number of hydrogen-bond acceptors (Lipinski definition) is 5. The van der Waals surface area contributed by atoms with E-state index >= 15 is 0 Å². The Morgan fingerprint density at radius 3 is 1.91 bits per heavy atom. The SMILES string of the molecule is O=C(NCCNC(=O)C(c1ccccc1)S(=O)(=O)O)c1cccc(C(=O)c2ccccc2)c1. The lowest BCUT2D eigenvalue weighted by Gasteiger charge is -2.14. The number of ketones is 1. The van der Waals surface area contributed by atoms with Gasteiger partial charge in [-0.05, 0) is 17.7 Å². The molecule has 3 N–H and O–H groups in total. The van der Waals surface area contributed by atoms with Crippen LogP contribution in [0.2, 0.25) is 0 Å². The van der Waals surface area contributed by atoms with E-state index in [1.807, 2.05) is 0 Å². The normalized spacial score (nSPS) is 11.9. The maximum absolute atomic E-state index is 12.6. The van der Waals surface area contributed by atoms with E-state index in [4.69, 9.17) is 0 Å². The van der Waals surface area contributed by atoms with Crippen LogP contribution in [0.25, 0.3) is 0 Å². The minimum Gasteiger partial charge on any atom is -0.353 e. The van der Waals surface area contributed by atoms with Crippen LogP contribution in [0.1, 0.15) is 37.1 Å². The first-order valence-corrected chi connectivity index (χ1v) is 11.5. The van der Waals surface area contributed by atoms with E-state index in [-0.39, 0.29) is 30.0 Å². The van der Waals surface area contributed by atoms with Gasteiger partial charge in [0.2, 0.25) is 5.91 Å². The van der Waals surface area contributed by atoms with Crippen molar-refractivity contribution in [1.29, 1.82) is 0 Å². The van der Waals surface area contributed by atoms with Gasteiger partial charge in [0.05, 0.1) is 0 Å². The Hall–Kier alpha value is -3.82. The number of carbonyl (C=O) groups excluding carboxylic acids is 3. The monoisotopic (exact) mass is 466 g/mol. The second-order valence-electron chi connectivity index (χ2n) is 7.13. The van der Waals surface area contributed by atoms with Gasteiger partial charge < -0.3 is 10.6 Å². The highest BCUT2D eigenvalue weighted by Crippen LogP contribution is 2.21. The van der Waals surface area contributed by atoms with Crippen molar-refractivity contribution in [3.63, 3.8) is 0 Å². The zero-order valence-corrected chi connectivity index (χ0v) is 18.3. The molecule has 1 unspecified atom stereocenters. The molecule has 0 aromatic heterocycles. The van der Waals surface area contributed by atoms with E-state index in [9.17, 15) is 27.4 Å². The van der Waals surface area contributed by atoms with Gasteiger partial charge in [-0.2, -0.15) is 8.42 Å². The van der Waals surface area contributed by atoms with Crippen LogP contribution >= 0.6 is 0 Å². The van der Waals surface area contributed by atoms with Gasteiger partial charge in [-0.3, -0.25) is 18.9 Å². The third kappa shape index (κ3) is 6.34. The van der Waals surface area contributed by atoms with Gasteiger partial charge in [0.1, 0.15) is 0 Å². The van der Waals surface area contributed by atoms with Crippen LogP contribution < -0.4 is 10.6 Å². The van der Waals surface area contributed by atoms with Crippen molar-refractivity contribution < 1.29 is 27.4 Å². The molecule has 0 aliphatic heterocycles. The van der Waals surface area contributed by atoms with Crippen LogP contribution in [0.4, 0.5) is 0 Å². The highest BCUT2D eigenvalue weighted by molar-refractivity contribution is 7.86. The predicted octanol–water partition coefficient (Wildman–Crippen LogP) is 2.39. The van der Waals surface area contributed by atoms with Crippen LogP contribution in [-0.4, -0.2) is 43.7 Å². The Labute approximate surface area is 191 Å². The van der Waals surface area contributed by atoms with Crippen LogP contribution in [-0.2, 0) is 14.9 Å². The summed E-state index contributed by atoms with van der Waals surface area (Å²) in [5, 5.41) is 3.23. The van der Waals surface area contributed by atoms with Gasteiger partial charge in [0.15, 0.2) is 11.0 Å². The Kier molecular flexibility index (Phi) is 7.70. The van der Waals surface area contributed by atoms with E-state index in [1.165, 1.54) is 18.2 Å². The summed E-state index contributed by atoms with van der Waals surface area (Å²) in [6.07, 6.45) is 0. The van der Waals surface area contributed by atoms with E-state index in [0.717, 1.165) is 0 Å². The molecule has 0 saturated heterocycles. The van der Waals surface area contributed by atoms with Crippen LogP contribution in [0.3, 0.4) is 0 Å². The molecule has 3 aromatic rings. The number of nitrogens with one attached hydrogen (secondary N) is 2. The first-order chi connectivity index (χ1) is 15.8. The summed E-state index contributed by atoms with van der Waals surface area (Å²) in [6.45, 7) is -0.0551. The average Bonchev–Trinajstić information content (AvgIpc) is 2.82. The molecule has 3 rings (SSSR count). The fraction of sp³-hybridized carbons (Fsp3) is 0.125. The number of benzene rings is 3. The molecular weight excluding hydrogens is 444 g/mol. The zero-order chi connectivity index (χ0) is 23.8. The highest BCUT2D eigenvalue weighted by Gasteiger charge is 2.32. The molecule has 0 radical (unpaired) electrons. The van der Waals surface area contributed by atoms with E-state index in [1.54, 1.807) is 66.7 Å². The summed E-state index contributed by atoms with van der Waals surface area (Å²) in [4.78, 5) is 37.4. The fourth-order valence-corrected chi connectivity index (χ4v) is 4.06. The van der Waals surface area contributed by atoms with E-state index < -0.39 is 27.2 Å². The second kappa shape index (κ2) is 10.7. The van der Waals surface area contributed by atoms with Crippen molar-refractivity contribution in [1.82, 2.24) is 10.6 Å². The third-order valence-corrected chi connectivity index (χ3v) is 5.85. The summed E-state index contributed by atoms with van der Waals surface area (Å²) in [7, 11) is -4.68. The lowest BCUT2D eigenvalue weighted by Crippen LogP contribution is -2.38. The molecule has 0 saturated carbocycles. The maximum atomic E-state index is 12.6. The number of hydrogen-bond donors (Lipinski definition) is 3. The Balaban J connectivity index is 1.57. The molecule has 170 valence electrons.